The third-order valence-corrected chi connectivity index (χ3v) is 4.30. The molecule has 0 bridgehead atoms. The molecule has 2 fully saturated rings. The van der Waals surface area contributed by atoms with Crippen LogP contribution in [-0.2, 0) is 0 Å². The van der Waals surface area contributed by atoms with Gasteiger partial charge in [-0.2, -0.15) is 0 Å². The first-order valence-corrected chi connectivity index (χ1v) is 5.18. The topological polar surface area (TPSA) is 40.5 Å². The molecular formula is C11H16O2. The largest absolute Gasteiger partial charge is 0.393 e. The van der Waals surface area contributed by atoms with Gasteiger partial charge in [-0.3, -0.25) is 0 Å². The average Bonchev–Trinajstić information content (AvgIpc) is 2.55. The molecule has 2 saturated carbocycles. The van der Waals surface area contributed by atoms with E-state index in [0.717, 1.165) is 12.8 Å². The molecule has 2 heteroatoms. The highest BCUT2D eigenvalue weighted by molar-refractivity contribution is 5.21. The Morgan fingerprint density at radius 2 is 2.00 bits per heavy atom. The molecule has 0 aliphatic heterocycles. The van der Waals surface area contributed by atoms with Crippen LogP contribution in [0.3, 0.4) is 0 Å². The Kier molecular flexibility index (Phi) is 1.34. The molecule has 0 unspecified atom stereocenters. The lowest BCUT2D eigenvalue weighted by molar-refractivity contribution is -0.0338. The Bertz CT molecular complexity index is 269. The van der Waals surface area contributed by atoms with Gasteiger partial charge in [-0.25, -0.2) is 0 Å². The number of aliphatic hydroxyl groups is 2. The van der Waals surface area contributed by atoms with E-state index in [-0.39, 0.29) is 12.0 Å². The van der Waals surface area contributed by atoms with E-state index in [9.17, 15) is 10.2 Å². The standard InChI is InChI=1S/C11H16O2/c1-11(13)5-7-3-2-6-4-8(12)10(11)9(6)7/h2-3,6-10,12-13H,4-5H2,1H3/t6-,7-,8+,9-,10-,11-/m0/s1. The van der Waals surface area contributed by atoms with Gasteiger partial charge in [-0.05, 0) is 37.5 Å². The van der Waals surface area contributed by atoms with Gasteiger partial charge in [0.1, 0.15) is 0 Å². The maximum Gasteiger partial charge on any atom is 0.0681 e. The molecule has 0 aromatic rings. The summed E-state index contributed by atoms with van der Waals surface area (Å²) in [6, 6.07) is 0. The van der Waals surface area contributed by atoms with Crippen molar-refractivity contribution in [2.45, 2.75) is 31.5 Å². The predicted octanol–water partition coefficient (Wildman–Crippen LogP) is 0.940. The molecular weight excluding hydrogens is 164 g/mol. The van der Waals surface area contributed by atoms with Crippen LogP contribution in [-0.4, -0.2) is 21.9 Å². The van der Waals surface area contributed by atoms with Crippen molar-refractivity contribution >= 4 is 0 Å². The zero-order valence-electron chi connectivity index (χ0n) is 7.85. The van der Waals surface area contributed by atoms with E-state index in [0.29, 0.717) is 17.8 Å². The van der Waals surface area contributed by atoms with Crippen molar-refractivity contribution in [1.29, 1.82) is 0 Å². The fraction of sp³-hybridized carbons (Fsp3) is 0.818. The fourth-order valence-electron chi connectivity index (χ4n) is 3.96. The number of aliphatic hydroxyl groups excluding tert-OH is 1. The summed E-state index contributed by atoms with van der Waals surface area (Å²) >= 11 is 0. The molecule has 3 aliphatic carbocycles. The van der Waals surface area contributed by atoms with Gasteiger partial charge in [0, 0.05) is 5.92 Å². The maximum atomic E-state index is 10.2. The molecule has 0 radical (unpaired) electrons. The van der Waals surface area contributed by atoms with Crippen molar-refractivity contribution in [2.24, 2.45) is 23.7 Å². The molecule has 6 atom stereocenters. The van der Waals surface area contributed by atoms with Crippen molar-refractivity contribution in [2.75, 3.05) is 0 Å². The third kappa shape index (κ3) is 0.856. The van der Waals surface area contributed by atoms with Gasteiger partial charge in [-0.15, -0.1) is 0 Å². The van der Waals surface area contributed by atoms with Crippen LogP contribution in [0.4, 0.5) is 0 Å². The highest BCUT2D eigenvalue weighted by atomic mass is 16.3. The van der Waals surface area contributed by atoms with E-state index >= 15 is 0 Å². The Morgan fingerprint density at radius 1 is 1.31 bits per heavy atom. The van der Waals surface area contributed by atoms with E-state index in [1.807, 2.05) is 6.92 Å². The molecule has 0 heterocycles. The van der Waals surface area contributed by atoms with Crippen LogP contribution in [0.5, 0.6) is 0 Å². The Labute approximate surface area is 78.3 Å². The normalized spacial score (nSPS) is 63.2. The average molecular weight is 180 g/mol. The second-order valence-electron chi connectivity index (χ2n) is 5.18. The van der Waals surface area contributed by atoms with E-state index in [1.165, 1.54) is 0 Å². The highest BCUT2D eigenvalue weighted by Crippen LogP contribution is 2.58. The lowest BCUT2D eigenvalue weighted by Crippen LogP contribution is -2.36. The summed E-state index contributed by atoms with van der Waals surface area (Å²) in [5.41, 5.74) is -0.631. The Morgan fingerprint density at radius 3 is 2.77 bits per heavy atom. The SMILES string of the molecule is C[C@]1(O)C[C@@H]2C=C[C@H]3C[C@@H](O)[C@H]1[C@@H]32. The quantitative estimate of drug-likeness (QED) is 0.545. The van der Waals surface area contributed by atoms with Crippen LogP contribution in [0.15, 0.2) is 12.2 Å². The Balaban J connectivity index is 2.03. The smallest absolute Gasteiger partial charge is 0.0681 e. The Hall–Kier alpha value is -0.340. The van der Waals surface area contributed by atoms with Gasteiger partial charge in [0.15, 0.2) is 0 Å². The van der Waals surface area contributed by atoms with E-state index < -0.39 is 5.60 Å². The molecule has 2 N–H and O–H groups in total. The summed E-state index contributed by atoms with van der Waals surface area (Å²) in [5.74, 6) is 1.73. The minimum Gasteiger partial charge on any atom is -0.393 e. The minimum absolute atomic E-state index is 0.123. The molecule has 0 aromatic heterocycles. The van der Waals surface area contributed by atoms with E-state index in [2.05, 4.69) is 12.2 Å². The molecule has 0 saturated heterocycles. The number of hydrogen-bond donors (Lipinski definition) is 2. The van der Waals surface area contributed by atoms with Gasteiger partial charge in [-0.1, -0.05) is 12.2 Å². The zero-order valence-corrected chi connectivity index (χ0v) is 7.85. The molecule has 72 valence electrons. The minimum atomic E-state index is -0.631. The number of rotatable bonds is 0. The molecule has 3 aliphatic rings. The number of allylic oxidation sites excluding steroid dienone is 2. The van der Waals surface area contributed by atoms with Crippen LogP contribution in [0.1, 0.15) is 19.8 Å². The van der Waals surface area contributed by atoms with Crippen LogP contribution in [0, 0.1) is 23.7 Å². The van der Waals surface area contributed by atoms with Gasteiger partial charge in [0.05, 0.1) is 11.7 Å². The van der Waals surface area contributed by atoms with Crippen LogP contribution in [0.25, 0.3) is 0 Å². The highest BCUT2D eigenvalue weighted by Gasteiger charge is 2.59. The molecule has 2 nitrogen and oxygen atoms in total. The third-order valence-electron chi connectivity index (χ3n) is 4.30. The first-order valence-electron chi connectivity index (χ1n) is 5.18. The molecule has 0 spiro atoms. The van der Waals surface area contributed by atoms with Crippen molar-refractivity contribution in [3.8, 4) is 0 Å². The van der Waals surface area contributed by atoms with Crippen molar-refractivity contribution < 1.29 is 10.2 Å². The lowest BCUT2D eigenvalue weighted by Gasteiger charge is -2.27. The monoisotopic (exact) mass is 180 g/mol. The van der Waals surface area contributed by atoms with Crippen molar-refractivity contribution in [1.82, 2.24) is 0 Å². The molecule has 0 amide bonds. The van der Waals surface area contributed by atoms with Gasteiger partial charge in [0.25, 0.3) is 0 Å². The second-order valence-corrected chi connectivity index (χ2v) is 5.18. The summed E-state index contributed by atoms with van der Waals surface area (Å²) in [5, 5.41) is 20.0. The van der Waals surface area contributed by atoms with Crippen LogP contribution >= 0.6 is 0 Å². The fourth-order valence-corrected chi connectivity index (χ4v) is 3.96. The molecule has 13 heavy (non-hydrogen) atoms. The molecule has 3 rings (SSSR count). The zero-order chi connectivity index (χ0) is 9.22. The first-order chi connectivity index (χ1) is 6.09. The van der Waals surface area contributed by atoms with Gasteiger partial charge < -0.3 is 10.2 Å². The van der Waals surface area contributed by atoms with E-state index in [4.69, 9.17) is 0 Å². The summed E-state index contributed by atoms with van der Waals surface area (Å²) in [6.07, 6.45) is 5.91. The van der Waals surface area contributed by atoms with Crippen molar-refractivity contribution in [3.63, 3.8) is 0 Å². The van der Waals surface area contributed by atoms with Gasteiger partial charge in [0.2, 0.25) is 0 Å². The summed E-state index contributed by atoms with van der Waals surface area (Å²) in [4.78, 5) is 0. The summed E-state index contributed by atoms with van der Waals surface area (Å²) < 4.78 is 0. The molecule has 0 aromatic carbocycles. The predicted molar refractivity (Wildman–Crippen MR) is 49.0 cm³/mol. The van der Waals surface area contributed by atoms with Crippen molar-refractivity contribution in [3.05, 3.63) is 12.2 Å². The van der Waals surface area contributed by atoms with Gasteiger partial charge >= 0.3 is 0 Å². The first kappa shape index (κ1) is 8.01. The second kappa shape index (κ2) is 2.18. The van der Waals surface area contributed by atoms with E-state index in [1.54, 1.807) is 0 Å². The number of hydrogen-bond acceptors (Lipinski definition) is 2. The summed E-state index contributed by atoms with van der Waals surface area (Å²) in [7, 11) is 0. The lowest BCUT2D eigenvalue weighted by atomic mass is 9.86. The van der Waals surface area contributed by atoms with Crippen LogP contribution < -0.4 is 0 Å². The summed E-state index contributed by atoms with van der Waals surface area (Å²) in [6.45, 7) is 1.88. The maximum absolute atomic E-state index is 10.2. The van der Waals surface area contributed by atoms with Crippen LogP contribution in [0.2, 0.25) is 0 Å².